The van der Waals surface area contributed by atoms with Gasteiger partial charge in [-0.05, 0) is 13.3 Å². The number of ether oxygens (including phenoxy) is 1. The van der Waals surface area contributed by atoms with Crippen molar-refractivity contribution in [2.24, 2.45) is 0 Å². The molecule has 34 heavy (non-hydrogen) atoms. The zero-order valence-corrected chi connectivity index (χ0v) is 20.2. The molecule has 0 aliphatic carbocycles. The van der Waals surface area contributed by atoms with Crippen molar-refractivity contribution in [1.29, 1.82) is 0 Å². The van der Waals surface area contributed by atoms with Gasteiger partial charge in [0.25, 0.3) is 0 Å². The summed E-state index contributed by atoms with van der Waals surface area (Å²) < 4.78 is 51.9. The van der Waals surface area contributed by atoms with E-state index in [1.54, 1.807) is 6.92 Å². The van der Waals surface area contributed by atoms with E-state index in [9.17, 15) is 38.5 Å². The SMILES string of the molecule is CC#CC1(O)C(O)[C@@H](COP(=O)(O)OP(=O)(O)OP(=O)(O)O)O[C@H]1n1cc(CC)c(N)nc1=O. The summed E-state index contributed by atoms with van der Waals surface area (Å²) in [7, 11) is -16.9. The first-order valence-corrected chi connectivity index (χ1v) is 13.6. The van der Waals surface area contributed by atoms with Crippen LogP contribution >= 0.6 is 23.5 Å². The third-order valence-electron chi connectivity index (χ3n) is 4.32. The Kier molecular flexibility index (Phi) is 8.68. The lowest BCUT2D eigenvalue weighted by Crippen LogP contribution is -2.48. The Balaban J connectivity index is 2.30. The number of nitrogen functional groups attached to an aromatic ring is 1. The number of nitrogens with two attached hydrogens (primary N) is 1. The topological polar surface area (TPSA) is 270 Å². The van der Waals surface area contributed by atoms with Crippen molar-refractivity contribution in [3.05, 3.63) is 22.2 Å². The molecule has 0 bridgehead atoms. The van der Waals surface area contributed by atoms with Crippen molar-refractivity contribution < 1.29 is 61.4 Å². The van der Waals surface area contributed by atoms with Gasteiger partial charge in [-0.15, -0.1) is 5.92 Å². The molecule has 20 heteroatoms. The Morgan fingerprint density at radius 1 is 1.24 bits per heavy atom. The zero-order chi connectivity index (χ0) is 26.1. The number of rotatable bonds is 9. The van der Waals surface area contributed by atoms with Gasteiger partial charge in [-0.25, -0.2) is 18.5 Å². The average molecular weight is 549 g/mol. The summed E-state index contributed by atoms with van der Waals surface area (Å²) in [5.74, 6) is 4.57. The monoisotopic (exact) mass is 549 g/mol. The van der Waals surface area contributed by atoms with E-state index < -0.39 is 59.8 Å². The van der Waals surface area contributed by atoms with Crippen molar-refractivity contribution in [1.82, 2.24) is 9.55 Å². The number of hydrogen-bond acceptors (Lipinski definition) is 12. The molecule has 17 nitrogen and oxygen atoms in total. The Morgan fingerprint density at radius 2 is 1.85 bits per heavy atom. The lowest BCUT2D eigenvalue weighted by molar-refractivity contribution is -0.0762. The maximum absolute atomic E-state index is 12.4. The van der Waals surface area contributed by atoms with Gasteiger partial charge in [-0.1, -0.05) is 12.8 Å². The van der Waals surface area contributed by atoms with Gasteiger partial charge in [-0.3, -0.25) is 9.09 Å². The molecule has 6 atom stereocenters. The van der Waals surface area contributed by atoms with E-state index in [0.29, 0.717) is 12.0 Å². The summed E-state index contributed by atoms with van der Waals surface area (Å²) in [5.41, 5.74) is 2.63. The number of aliphatic hydroxyl groups is 2. The fourth-order valence-electron chi connectivity index (χ4n) is 2.95. The fraction of sp³-hybridized carbons (Fsp3) is 0.571. The van der Waals surface area contributed by atoms with Gasteiger partial charge >= 0.3 is 29.2 Å². The first kappa shape index (κ1) is 28.8. The number of nitrogens with zero attached hydrogens (tertiary/aromatic N) is 2. The number of hydrogen-bond donors (Lipinski definition) is 7. The van der Waals surface area contributed by atoms with Crippen LogP contribution in [0.3, 0.4) is 0 Å². The molecule has 2 heterocycles. The number of phosphoric ester groups is 1. The number of anilines is 1. The van der Waals surface area contributed by atoms with Crippen LogP contribution in [0.25, 0.3) is 0 Å². The summed E-state index contributed by atoms with van der Waals surface area (Å²) in [6.45, 7) is 1.92. The average Bonchev–Trinajstić information content (AvgIpc) is 2.89. The van der Waals surface area contributed by atoms with Gasteiger partial charge in [0.2, 0.25) is 0 Å². The van der Waals surface area contributed by atoms with E-state index in [4.69, 9.17) is 20.3 Å². The molecular weight excluding hydrogens is 527 g/mol. The van der Waals surface area contributed by atoms with E-state index in [1.807, 2.05) is 0 Å². The lowest BCUT2D eigenvalue weighted by atomic mass is 9.94. The molecule has 1 aliphatic rings. The molecule has 1 aliphatic heterocycles. The van der Waals surface area contributed by atoms with Gasteiger partial charge in [0.05, 0.1) is 6.61 Å². The van der Waals surface area contributed by atoms with Crippen LogP contribution in [0.5, 0.6) is 0 Å². The molecule has 0 spiro atoms. The van der Waals surface area contributed by atoms with Crippen LogP contribution in [0.4, 0.5) is 5.82 Å². The smallest absolute Gasteiger partial charge is 0.386 e. The highest BCUT2D eigenvalue weighted by Gasteiger charge is 2.56. The van der Waals surface area contributed by atoms with Crippen LogP contribution in [0.2, 0.25) is 0 Å². The van der Waals surface area contributed by atoms with Crippen molar-refractivity contribution in [3.8, 4) is 11.8 Å². The van der Waals surface area contributed by atoms with E-state index in [1.165, 1.54) is 13.1 Å². The second-order valence-corrected chi connectivity index (χ2v) is 11.2. The minimum Gasteiger partial charge on any atom is -0.386 e. The van der Waals surface area contributed by atoms with E-state index in [-0.39, 0.29) is 5.82 Å². The number of aryl methyl sites for hydroxylation is 1. The Bertz CT molecular complexity index is 1190. The molecule has 1 fully saturated rings. The number of aromatic nitrogens is 2. The van der Waals surface area contributed by atoms with Crippen LogP contribution in [0.15, 0.2) is 11.0 Å². The highest BCUT2D eigenvalue weighted by atomic mass is 31.3. The lowest BCUT2D eigenvalue weighted by Gasteiger charge is -2.27. The maximum atomic E-state index is 12.4. The summed E-state index contributed by atoms with van der Waals surface area (Å²) in [6.07, 6.45) is -3.78. The maximum Gasteiger partial charge on any atom is 0.490 e. The fourth-order valence-corrected chi connectivity index (χ4v) is 5.98. The zero-order valence-electron chi connectivity index (χ0n) is 17.5. The second-order valence-electron chi connectivity index (χ2n) is 6.75. The highest BCUT2D eigenvalue weighted by molar-refractivity contribution is 7.66. The molecule has 1 aromatic heterocycles. The Labute approximate surface area is 191 Å². The molecule has 2 rings (SSSR count). The molecular formula is C14H22N3O14P3. The molecule has 0 saturated carbocycles. The van der Waals surface area contributed by atoms with Crippen molar-refractivity contribution in [3.63, 3.8) is 0 Å². The first-order valence-electron chi connectivity index (χ1n) is 9.10. The number of phosphoric acid groups is 3. The van der Waals surface area contributed by atoms with Crippen molar-refractivity contribution in [2.75, 3.05) is 12.3 Å². The Morgan fingerprint density at radius 3 is 2.38 bits per heavy atom. The van der Waals surface area contributed by atoms with E-state index in [2.05, 4.69) is 30.0 Å². The molecule has 1 saturated heterocycles. The molecule has 192 valence electrons. The highest BCUT2D eigenvalue weighted by Crippen LogP contribution is 2.66. The van der Waals surface area contributed by atoms with Crippen LogP contribution in [-0.4, -0.2) is 63.8 Å². The molecule has 1 aromatic rings. The Hall–Kier alpha value is -1.47. The summed E-state index contributed by atoms with van der Waals surface area (Å²) in [6, 6.07) is 0. The van der Waals surface area contributed by atoms with Crippen molar-refractivity contribution in [2.45, 2.75) is 44.3 Å². The standard InChI is InChI=1S/C14H22N3O14P3/c1-3-5-14(20)10(18)9(7-28-33(24,25)31-34(26,27)30-32(21,22)23)29-12(14)17-6-8(4-2)11(15)16-13(17)19/h6,9-10,12,18,20H,4,7H2,1-2H3,(H,24,25)(H,26,27)(H2,15,16,19)(H2,21,22,23)/t9-,10?,12-,14?/m1/s1. The normalized spacial score (nSPS) is 28.5. The summed E-state index contributed by atoms with van der Waals surface area (Å²) in [5, 5.41) is 21.5. The second kappa shape index (κ2) is 10.3. The van der Waals surface area contributed by atoms with Crippen LogP contribution in [0, 0.1) is 11.8 Å². The first-order chi connectivity index (χ1) is 15.4. The molecule has 0 amide bonds. The van der Waals surface area contributed by atoms with Crippen molar-refractivity contribution >= 4 is 29.3 Å². The van der Waals surface area contributed by atoms with Gasteiger partial charge < -0.3 is 40.3 Å². The molecule has 8 N–H and O–H groups in total. The molecule has 0 radical (unpaired) electrons. The minimum atomic E-state index is -5.77. The third kappa shape index (κ3) is 6.81. The van der Waals surface area contributed by atoms with E-state index >= 15 is 0 Å². The third-order valence-corrected chi connectivity index (χ3v) is 8.12. The van der Waals surface area contributed by atoms with Gasteiger partial charge in [0, 0.05) is 11.8 Å². The van der Waals surface area contributed by atoms with Gasteiger partial charge in [0.15, 0.2) is 11.8 Å². The predicted octanol–water partition coefficient (Wildman–Crippen LogP) is -1.26. The summed E-state index contributed by atoms with van der Waals surface area (Å²) >= 11 is 0. The number of aliphatic hydroxyl groups excluding tert-OH is 1. The van der Waals surface area contributed by atoms with Gasteiger partial charge in [0.1, 0.15) is 18.0 Å². The van der Waals surface area contributed by atoms with Crippen LogP contribution in [-0.2, 0) is 38.0 Å². The molecule has 0 aromatic carbocycles. The largest absolute Gasteiger partial charge is 0.490 e. The molecule has 4 unspecified atom stereocenters. The summed E-state index contributed by atoms with van der Waals surface area (Å²) in [4.78, 5) is 51.8. The van der Waals surface area contributed by atoms with E-state index in [0.717, 1.165) is 4.57 Å². The predicted molar refractivity (Wildman–Crippen MR) is 110 cm³/mol. The van der Waals surface area contributed by atoms with Gasteiger partial charge in [-0.2, -0.15) is 13.6 Å². The quantitative estimate of drug-likeness (QED) is 0.140. The van der Waals surface area contributed by atoms with Crippen LogP contribution < -0.4 is 11.4 Å². The van der Waals surface area contributed by atoms with Crippen LogP contribution in [0.1, 0.15) is 25.6 Å². The minimum absolute atomic E-state index is 0.0726.